The number of nitrogens with one attached hydrogen (secondary N) is 3. The van der Waals surface area contributed by atoms with E-state index in [0.717, 1.165) is 5.56 Å². The van der Waals surface area contributed by atoms with Crippen LogP contribution in [-0.2, 0) is 16.1 Å². The number of rotatable bonds is 11. The molecule has 0 bridgehead atoms. The van der Waals surface area contributed by atoms with E-state index in [0.29, 0.717) is 24.5 Å². The first-order chi connectivity index (χ1) is 14.9. The molecule has 3 amide bonds. The van der Waals surface area contributed by atoms with Gasteiger partial charge in [0, 0.05) is 37.5 Å². The van der Waals surface area contributed by atoms with Crippen LogP contribution in [0.4, 0.5) is 0 Å². The molecular weight excluding hydrogens is 396 g/mol. The van der Waals surface area contributed by atoms with Crippen molar-refractivity contribution < 1.29 is 19.1 Å². The molecule has 0 radical (unpaired) electrons. The largest absolute Gasteiger partial charge is 0.494 e. The van der Waals surface area contributed by atoms with Crippen molar-refractivity contribution in [2.75, 3.05) is 13.2 Å². The molecule has 31 heavy (non-hydrogen) atoms. The van der Waals surface area contributed by atoms with E-state index in [4.69, 9.17) is 4.74 Å². The Balaban J connectivity index is 1.80. The summed E-state index contributed by atoms with van der Waals surface area (Å²) in [5.41, 5.74) is 1.39. The van der Waals surface area contributed by atoms with E-state index in [1.165, 1.54) is 0 Å². The van der Waals surface area contributed by atoms with Crippen molar-refractivity contribution in [3.8, 4) is 5.75 Å². The van der Waals surface area contributed by atoms with Crippen LogP contribution in [0, 0.1) is 5.92 Å². The van der Waals surface area contributed by atoms with Crippen LogP contribution in [0.1, 0.15) is 43.1 Å². The fourth-order valence-electron chi connectivity index (χ4n) is 2.83. The maximum atomic E-state index is 12.6. The standard InChI is InChI=1S/C23H30N4O4/c1-4-31-19-7-5-18(6-8-19)22(29)27-21(16(2)3)23(30)25-14-11-20(28)26-15-17-9-12-24-13-10-17/h5-10,12-13,16,21H,4,11,14-15H2,1-3H3,(H,25,30)(H,26,28)(H,27,29). The second-order valence-electron chi connectivity index (χ2n) is 7.33. The topological polar surface area (TPSA) is 109 Å². The van der Waals surface area contributed by atoms with Gasteiger partial charge < -0.3 is 20.7 Å². The van der Waals surface area contributed by atoms with Crippen molar-refractivity contribution in [2.45, 2.75) is 39.8 Å². The number of amides is 3. The van der Waals surface area contributed by atoms with Crippen LogP contribution in [-0.4, -0.2) is 41.9 Å². The molecule has 1 aromatic carbocycles. The molecule has 1 unspecified atom stereocenters. The molecule has 2 aromatic rings. The number of aromatic nitrogens is 1. The maximum absolute atomic E-state index is 12.6. The van der Waals surface area contributed by atoms with E-state index in [1.807, 2.05) is 32.9 Å². The second kappa shape index (κ2) is 12.3. The number of hydrogen-bond acceptors (Lipinski definition) is 5. The zero-order valence-electron chi connectivity index (χ0n) is 18.2. The highest BCUT2D eigenvalue weighted by Gasteiger charge is 2.24. The monoisotopic (exact) mass is 426 g/mol. The number of hydrogen-bond donors (Lipinski definition) is 3. The zero-order chi connectivity index (χ0) is 22.6. The Labute approximate surface area is 182 Å². The fourth-order valence-corrected chi connectivity index (χ4v) is 2.83. The quantitative estimate of drug-likeness (QED) is 0.510. The third kappa shape index (κ3) is 8.08. The lowest BCUT2D eigenvalue weighted by atomic mass is 10.0. The van der Waals surface area contributed by atoms with Gasteiger partial charge in [-0.25, -0.2) is 0 Å². The molecule has 8 nitrogen and oxygen atoms in total. The Kier molecular flexibility index (Phi) is 9.48. The normalized spacial score (nSPS) is 11.5. The van der Waals surface area contributed by atoms with Crippen molar-refractivity contribution in [3.05, 3.63) is 59.9 Å². The Hall–Kier alpha value is -3.42. The molecule has 0 aliphatic heterocycles. The van der Waals surface area contributed by atoms with Crippen LogP contribution in [0.5, 0.6) is 5.75 Å². The average Bonchev–Trinajstić information content (AvgIpc) is 2.77. The Bertz CT molecular complexity index is 854. The number of benzene rings is 1. The van der Waals surface area contributed by atoms with Crippen molar-refractivity contribution >= 4 is 17.7 Å². The molecule has 3 N–H and O–H groups in total. The lowest BCUT2D eigenvalue weighted by Crippen LogP contribution is -2.50. The van der Waals surface area contributed by atoms with E-state index in [-0.39, 0.29) is 36.6 Å². The molecule has 0 saturated heterocycles. The molecule has 0 fully saturated rings. The summed E-state index contributed by atoms with van der Waals surface area (Å²) in [7, 11) is 0. The molecule has 2 rings (SSSR count). The van der Waals surface area contributed by atoms with Gasteiger partial charge in [-0.3, -0.25) is 19.4 Å². The summed E-state index contributed by atoms with van der Waals surface area (Å²) < 4.78 is 5.37. The summed E-state index contributed by atoms with van der Waals surface area (Å²) in [5, 5.41) is 8.30. The van der Waals surface area contributed by atoms with Gasteiger partial charge in [0.1, 0.15) is 11.8 Å². The van der Waals surface area contributed by atoms with Crippen molar-refractivity contribution in [3.63, 3.8) is 0 Å². The van der Waals surface area contributed by atoms with Gasteiger partial charge in [-0.05, 0) is 54.8 Å². The van der Waals surface area contributed by atoms with Gasteiger partial charge >= 0.3 is 0 Å². The Morgan fingerprint density at radius 1 is 1.00 bits per heavy atom. The smallest absolute Gasteiger partial charge is 0.251 e. The van der Waals surface area contributed by atoms with Crippen LogP contribution in [0.25, 0.3) is 0 Å². The summed E-state index contributed by atoms with van der Waals surface area (Å²) in [6.07, 6.45) is 3.47. The van der Waals surface area contributed by atoms with Gasteiger partial charge in [0.05, 0.1) is 6.61 Å². The van der Waals surface area contributed by atoms with E-state index in [9.17, 15) is 14.4 Å². The molecule has 166 valence electrons. The number of nitrogens with zero attached hydrogens (tertiary/aromatic N) is 1. The molecule has 0 saturated carbocycles. The van der Waals surface area contributed by atoms with Gasteiger partial charge in [0.15, 0.2) is 0 Å². The molecule has 0 aliphatic rings. The number of pyridine rings is 1. The minimum Gasteiger partial charge on any atom is -0.494 e. The molecule has 0 aliphatic carbocycles. The molecule has 0 spiro atoms. The van der Waals surface area contributed by atoms with Gasteiger partial charge in [0.25, 0.3) is 5.91 Å². The fraction of sp³-hybridized carbons (Fsp3) is 0.391. The van der Waals surface area contributed by atoms with E-state index in [1.54, 1.807) is 36.7 Å². The van der Waals surface area contributed by atoms with Crippen LogP contribution in [0.3, 0.4) is 0 Å². The number of carbonyl (C=O) groups excluding carboxylic acids is 3. The van der Waals surface area contributed by atoms with Crippen LogP contribution < -0.4 is 20.7 Å². The molecule has 8 heteroatoms. The summed E-state index contributed by atoms with van der Waals surface area (Å²) in [6.45, 7) is 6.72. The highest BCUT2D eigenvalue weighted by molar-refractivity contribution is 5.97. The maximum Gasteiger partial charge on any atom is 0.251 e. The van der Waals surface area contributed by atoms with Gasteiger partial charge in [0.2, 0.25) is 11.8 Å². The van der Waals surface area contributed by atoms with E-state index < -0.39 is 6.04 Å². The highest BCUT2D eigenvalue weighted by atomic mass is 16.5. The molecule has 1 atom stereocenters. The summed E-state index contributed by atoms with van der Waals surface area (Å²) in [5.74, 6) is -0.272. The number of ether oxygens (including phenoxy) is 1. The molecular formula is C23H30N4O4. The van der Waals surface area contributed by atoms with Gasteiger partial charge in [-0.2, -0.15) is 0 Å². The first-order valence-corrected chi connectivity index (χ1v) is 10.4. The van der Waals surface area contributed by atoms with Gasteiger partial charge in [-0.1, -0.05) is 13.8 Å². The van der Waals surface area contributed by atoms with E-state index in [2.05, 4.69) is 20.9 Å². The minimum absolute atomic E-state index is 0.118. The highest BCUT2D eigenvalue weighted by Crippen LogP contribution is 2.13. The first kappa shape index (κ1) is 23.9. The predicted molar refractivity (Wildman–Crippen MR) is 117 cm³/mol. The average molecular weight is 427 g/mol. The van der Waals surface area contributed by atoms with Crippen molar-refractivity contribution in [1.82, 2.24) is 20.9 Å². The lowest BCUT2D eigenvalue weighted by molar-refractivity contribution is -0.124. The zero-order valence-corrected chi connectivity index (χ0v) is 18.2. The Morgan fingerprint density at radius 2 is 1.68 bits per heavy atom. The van der Waals surface area contributed by atoms with Gasteiger partial charge in [-0.15, -0.1) is 0 Å². The Morgan fingerprint density at radius 3 is 2.29 bits per heavy atom. The van der Waals surface area contributed by atoms with Crippen LogP contribution in [0.2, 0.25) is 0 Å². The first-order valence-electron chi connectivity index (χ1n) is 10.4. The molecule has 1 aromatic heterocycles. The predicted octanol–water partition coefficient (Wildman–Crippen LogP) is 2.06. The number of carbonyl (C=O) groups is 3. The SMILES string of the molecule is CCOc1ccc(C(=O)NC(C(=O)NCCC(=O)NCc2ccncc2)C(C)C)cc1. The third-order valence-electron chi connectivity index (χ3n) is 4.55. The summed E-state index contributed by atoms with van der Waals surface area (Å²) in [6, 6.07) is 9.68. The van der Waals surface area contributed by atoms with Crippen molar-refractivity contribution in [2.24, 2.45) is 5.92 Å². The van der Waals surface area contributed by atoms with Crippen LogP contribution in [0.15, 0.2) is 48.8 Å². The van der Waals surface area contributed by atoms with E-state index >= 15 is 0 Å². The summed E-state index contributed by atoms with van der Waals surface area (Å²) >= 11 is 0. The summed E-state index contributed by atoms with van der Waals surface area (Å²) in [4.78, 5) is 41.0. The second-order valence-corrected chi connectivity index (χ2v) is 7.33. The minimum atomic E-state index is -0.709. The van der Waals surface area contributed by atoms with Crippen LogP contribution >= 0.6 is 0 Å². The third-order valence-corrected chi connectivity index (χ3v) is 4.55. The van der Waals surface area contributed by atoms with Crippen molar-refractivity contribution in [1.29, 1.82) is 0 Å². The lowest BCUT2D eigenvalue weighted by Gasteiger charge is -2.21. The molecule has 1 heterocycles.